The van der Waals surface area contributed by atoms with Crippen LogP contribution in [0.3, 0.4) is 0 Å². The molecule has 6 nitrogen and oxygen atoms in total. The summed E-state index contributed by atoms with van der Waals surface area (Å²) in [5, 5.41) is 11.1. The second-order valence-electron chi connectivity index (χ2n) is 4.06. The van der Waals surface area contributed by atoms with Gasteiger partial charge < -0.3 is 5.32 Å². The van der Waals surface area contributed by atoms with Gasteiger partial charge in [-0.3, -0.25) is 14.2 Å². The number of hydrogen-bond acceptors (Lipinski definition) is 3. The Morgan fingerprint density at radius 3 is 2.18 bits per heavy atom. The lowest BCUT2D eigenvalue weighted by molar-refractivity contribution is 0.102. The van der Waals surface area contributed by atoms with Gasteiger partial charge in [0.2, 0.25) is 0 Å². The Hall–Kier alpha value is -2.11. The van der Waals surface area contributed by atoms with Gasteiger partial charge in [-0.05, 0) is 13.8 Å². The first-order valence-electron chi connectivity index (χ1n) is 5.29. The van der Waals surface area contributed by atoms with Crippen LogP contribution in [-0.2, 0) is 14.1 Å². The second kappa shape index (κ2) is 4.04. The summed E-state index contributed by atoms with van der Waals surface area (Å²) in [6.45, 7) is 3.66. The quantitative estimate of drug-likeness (QED) is 0.842. The van der Waals surface area contributed by atoms with E-state index in [0.29, 0.717) is 11.3 Å². The molecule has 0 spiro atoms. The molecule has 1 N–H and O–H groups in total. The number of carbonyl (C=O) groups excluding carboxylic acids is 1. The van der Waals surface area contributed by atoms with Gasteiger partial charge in [0.1, 0.15) is 0 Å². The fourth-order valence-corrected chi connectivity index (χ4v) is 1.73. The Morgan fingerprint density at radius 1 is 1.12 bits per heavy atom. The highest BCUT2D eigenvalue weighted by molar-refractivity contribution is 6.05. The molecule has 1 amide bonds. The van der Waals surface area contributed by atoms with Gasteiger partial charge >= 0.3 is 0 Å². The minimum Gasteiger partial charge on any atom is -0.319 e. The molecule has 0 saturated heterocycles. The maximum absolute atomic E-state index is 12.0. The zero-order valence-electron chi connectivity index (χ0n) is 10.4. The summed E-state index contributed by atoms with van der Waals surface area (Å²) in [5.41, 5.74) is 2.81. The standard InChI is InChI=1S/C11H15N5O/c1-7-9(5-15(3)13-7)11(17)12-10-6-16(4)14-8(10)2/h5-6H,1-4H3,(H,12,17). The van der Waals surface area contributed by atoms with Gasteiger partial charge in [0.25, 0.3) is 5.91 Å². The van der Waals surface area contributed by atoms with E-state index >= 15 is 0 Å². The molecule has 0 aromatic carbocycles. The molecule has 90 valence electrons. The predicted molar refractivity (Wildman–Crippen MR) is 63.8 cm³/mol. The van der Waals surface area contributed by atoms with Crippen LogP contribution in [0.4, 0.5) is 5.69 Å². The molecule has 0 atom stereocenters. The zero-order chi connectivity index (χ0) is 12.6. The van der Waals surface area contributed by atoms with E-state index in [1.54, 1.807) is 28.8 Å². The van der Waals surface area contributed by atoms with E-state index in [0.717, 1.165) is 11.4 Å². The Balaban J connectivity index is 2.22. The minimum atomic E-state index is -0.160. The molecule has 0 radical (unpaired) electrons. The van der Waals surface area contributed by atoms with E-state index in [2.05, 4.69) is 15.5 Å². The largest absolute Gasteiger partial charge is 0.319 e. The lowest BCUT2D eigenvalue weighted by atomic mass is 10.2. The smallest absolute Gasteiger partial charge is 0.259 e. The summed E-state index contributed by atoms with van der Waals surface area (Å²) in [6.07, 6.45) is 3.48. The number of aromatic nitrogens is 4. The Labute approximate surface area is 99.2 Å². The van der Waals surface area contributed by atoms with Crippen molar-refractivity contribution in [3.05, 3.63) is 29.3 Å². The van der Waals surface area contributed by atoms with E-state index in [9.17, 15) is 4.79 Å². The highest BCUT2D eigenvalue weighted by atomic mass is 16.1. The minimum absolute atomic E-state index is 0.160. The molecule has 0 saturated carbocycles. The molecule has 0 aliphatic rings. The van der Waals surface area contributed by atoms with Crippen molar-refractivity contribution in [2.24, 2.45) is 14.1 Å². The first kappa shape index (κ1) is 11.4. The Kier molecular flexibility index (Phi) is 2.71. The van der Waals surface area contributed by atoms with Crippen LogP contribution in [0.5, 0.6) is 0 Å². The zero-order valence-corrected chi connectivity index (χ0v) is 10.4. The number of rotatable bonds is 2. The third kappa shape index (κ3) is 2.20. The average Bonchev–Trinajstić information content (AvgIpc) is 2.70. The van der Waals surface area contributed by atoms with Crippen molar-refractivity contribution < 1.29 is 4.79 Å². The van der Waals surface area contributed by atoms with Gasteiger partial charge in [-0.15, -0.1) is 0 Å². The normalized spacial score (nSPS) is 10.6. The highest BCUT2D eigenvalue weighted by Crippen LogP contribution is 2.14. The molecular weight excluding hydrogens is 218 g/mol. The predicted octanol–water partition coefficient (Wildman–Crippen LogP) is 1.02. The van der Waals surface area contributed by atoms with Gasteiger partial charge in [-0.1, -0.05) is 0 Å². The van der Waals surface area contributed by atoms with E-state index < -0.39 is 0 Å². The van der Waals surface area contributed by atoms with Gasteiger partial charge in [-0.2, -0.15) is 10.2 Å². The van der Waals surface area contributed by atoms with Crippen LogP contribution < -0.4 is 5.32 Å². The summed E-state index contributed by atoms with van der Waals surface area (Å²) in [7, 11) is 3.61. The maximum Gasteiger partial charge on any atom is 0.259 e. The van der Waals surface area contributed by atoms with Crippen molar-refractivity contribution in [1.29, 1.82) is 0 Å². The SMILES string of the molecule is Cc1nn(C)cc1NC(=O)c1cn(C)nc1C. The monoisotopic (exact) mass is 233 g/mol. The molecule has 0 bridgehead atoms. The van der Waals surface area contributed by atoms with Crippen LogP contribution in [0.25, 0.3) is 0 Å². The molecule has 17 heavy (non-hydrogen) atoms. The molecule has 2 heterocycles. The van der Waals surface area contributed by atoms with E-state index in [4.69, 9.17) is 0 Å². The fourth-order valence-electron chi connectivity index (χ4n) is 1.73. The topological polar surface area (TPSA) is 64.7 Å². The van der Waals surface area contributed by atoms with Gasteiger partial charge in [-0.25, -0.2) is 0 Å². The number of anilines is 1. The number of aryl methyl sites for hydroxylation is 4. The van der Waals surface area contributed by atoms with Crippen molar-refractivity contribution in [1.82, 2.24) is 19.6 Å². The van der Waals surface area contributed by atoms with Gasteiger partial charge in [0.15, 0.2) is 0 Å². The van der Waals surface area contributed by atoms with E-state index in [1.165, 1.54) is 0 Å². The molecule has 2 aromatic heterocycles. The maximum atomic E-state index is 12.0. The van der Waals surface area contributed by atoms with Crippen molar-refractivity contribution in [2.75, 3.05) is 5.32 Å². The number of amides is 1. The molecule has 0 aliphatic heterocycles. The van der Waals surface area contributed by atoms with Crippen molar-refractivity contribution in [2.45, 2.75) is 13.8 Å². The summed E-state index contributed by atoms with van der Waals surface area (Å²) < 4.78 is 3.29. The molecular formula is C11H15N5O. The first-order valence-corrected chi connectivity index (χ1v) is 5.29. The number of nitrogens with one attached hydrogen (secondary N) is 1. The summed E-state index contributed by atoms with van der Waals surface area (Å²) in [6, 6.07) is 0. The third-order valence-corrected chi connectivity index (χ3v) is 2.52. The molecule has 0 fully saturated rings. The molecule has 0 aliphatic carbocycles. The van der Waals surface area contributed by atoms with E-state index in [-0.39, 0.29) is 5.91 Å². The highest BCUT2D eigenvalue weighted by Gasteiger charge is 2.14. The summed E-state index contributed by atoms with van der Waals surface area (Å²) in [5.74, 6) is -0.160. The summed E-state index contributed by atoms with van der Waals surface area (Å²) >= 11 is 0. The van der Waals surface area contributed by atoms with Crippen LogP contribution in [-0.4, -0.2) is 25.5 Å². The third-order valence-electron chi connectivity index (χ3n) is 2.52. The first-order chi connectivity index (χ1) is 7.97. The Morgan fingerprint density at radius 2 is 1.71 bits per heavy atom. The van der Waals surface area contributed by atoms with Crippen LogP contribution >= 0.6 is 0 Å². The number of carbonyl (C=O) groups is 1. The van der Waals surface area contributed by atoms with Crippen molar-refractivity contribution in [3.8, 4) is 0 Å². The fraction of sp³-hybridized carbons (Fsp3) is 0.364. The van der Waals surface area contributed by atoms with Crippen LogP contribution in [0, 0.1) is 13.8 Å². The molecule has 0 unspecified atom stereocenters. The van der Waals surface area contributed by atoms with Gasteiger partial charge in [0, 0.05) is 26.5 Å². The number of hydrogen-bond donors (Lipinski definition) is 1. The second-order valence-corrected chi connectivity index (χ2v) is 4.06. The molecule has 6 heteroatoms. The van der Waals surface area contributed by atoms with Crippen LogP contribution in [0.15, 0.2) is 12.4 Å². The lowest BCUT2D eigenvalue weighted by Gasteiger charge is -2.01. The van der Waals surface area contributed by atoms with E-state index in [1.807, 2.05) is 20.9 Å². The van der Waals surface area contributed by atoms with Crippen LogP contribution in [0.1, 0.15) is 21.7 Å². The van der Waals surface area contributed by atoms with Gasteiger partial charge in [0.05, 0.1) is 22.6 Å². The lowest BCUT2D eigenvalue weighted by Crippen LogP contribution is -2.12. The van der Waals surface area contributed by atoms with Crippen LogP contribution in [0.2, 0.25) is 0 Å². The van der Waals surface area contributed by atoms with Crippen molar-refractivity contribution >= 4 is 11.6 Å². The summed E-state index contributed by atoms with van der Waals surface area (Å²) in [4.78, 5) is 12.0. The molecule has 2 aromatic rings. The number of nitrogens with zero attached hydrogens (tertiary/aromatic N) is 4. The Bertz CT molecular complexity index is 566. The van der Waals surface area contributed by atoms with Crippen molar-refractivity contribution in [3.63, 3.8) is 0 Å². The molecule has 2 rings (SSSR count). The average molecular weight is 233 g/mol.